The van der Waals surface area contributed by atoms with Gasteiger partial charge < -0.3 is 47.5 Å². The lowest BCUT2D eigenvalue weighted by atomic mass is 9.94. The molecule has 4 rings (SSSR count). The quantitative estimate of drug-likeness (QED) is 0.0522. The second-order valence-corrected chi connectivity index (χ2v) is 16.9. The number of carboxylic acids is 2. The predicted octanol–water partition coefficient (Wildman–Crippen LogP) is 3.02. The number of benzene rings is 2. The molecule has 4 aromatic rings. The molecule has 0 saturated carbocycles. The zero-order valence-corrected chi connectivity index (χ0v) is 37.4. The Morgan fingerprint density at radius 3 is 1.77 bits per heavy atom. The van der Waals surface area contributed by atoms with Gasteiger partial charge >= 0.3 is 11.9 Å². The van der Waals surface area contributed by atoms with Crippen molar-refractivity contribution in [1.29, 1.82) is 0 Å². The Hall–Kier alpha value is -6.56. The van der Waals surface area contributed by atoms with Gasteiger partial charge in [0.2, 0.25) is 35.4 Å². The van der Waals surface area contributed by atoms with Crippen LogP contribution in [0.4, 0.5) is 0 Å². The maximum absolute atomic E-state index is 14.0. The monoisotopic (exact) mass is 886 g/mol. The van der Waals surface area contributed by atoms with Crippen molar-refractivity contribution in [1.82, 2.24) is 36.1 Å². The van der Waals surface area contributed by atoms with Gasteiger partial charge in [0.15, 0.2) is 0 Å². The first-order chi connectivity index (χ1) is 30.2. The third kappa shape index (κ3) is 13.0. The Labute approximate surface area is 371 Å². The molecule has 18 heteroatoms. The van der Waals surface area contributed by atoms with Crippen molar-refractivity contribution in [2.24, 2.45) is 23.5 Å². The number of hydrogen-bond donors (Lipinski definition) is 9. The lowest BCUT2D eigenvalue weighted by Gasteiger charge is -2.30. The van der Waals surface area contributed by atoms with Gasteiger partial charge in [-0.15, -0.1) is 0 Å². The fourth-order valence-corrected chi connectivity index (χ4v) is 7.52. The number of carbonyl (C=O) groups is 8. The van der Waals surface area contributed by atoms with E-state index >= 15 is 0 Å². The van der Waals surface area contributed by atoms with Crippen LogP contribution in [0, 0.1) is 17.8 Å². The molecule has 0 radical (unpaired) electrons. The molecule has 0 saturated heterocycles. The molecule has 8 atom stereocenters. The maximum atomic E-state index is 14.0. The molecular formula is C46H62N8O10. The van der Waals surface area contributed by atoms with Crippen molar-refractivity contribution in [3.8, 4) is 0 Å². The number of fused-ring (bicyclic) bond motifs is 2. The van der Waals surface area contributed by atoms with Crippen molar-refractivity contribution >= 4 is 69.2 Å². The van der Waals surface area contributed by atoms with Gasteiger partial charge in [-0.05, 0) is 53.9 Å². The third-order valence-corrected chi connectivity index (χ3v) is 11.6. The van der Waals surface area contributed by atoms with Crippen molar-refractivity contribution < 1.29 is 48.6 Å². The number of nitrogens with zero attached hydrogens (tertiary/aromatic N) is 1. The Bertz CT molecular complexity index is 2340. The van der Waals surface area contributed by atoms with Crippen LogP contribution in [0.2, 0.25) is 0 Å². The smallest absolute Gasteiger partial charge is 0.326 e. The van der Waals surface area contributed by atoms with Gasteiger partial charge in [-0.2, -0.15) is 0 Å². The van der Waals surface area contributed by atoms with E-state index < -0.39 is 96.0 Å². The molecule has 346 valence electrons. The molecule has 2 aromatic heterocycles. The number of para-hydroxylation sites is 2. The third-order valence-electron chi connectivity index (χ3n) is 11.6. The van der Waals surface area contributed by atoms with Crippen molar-refractivity contribution in [3.05, 3.63) is 72.1 Å². The SMILES string of the molecule is CC[C@H](C)[C@H](NC(=O)[C@H](CC(=O)O)NC(=O)[C@H](CC(C)C)NC(=O)[C@H](N)Cc1cn(C(C)=O)c2ccccc12)C(=O)N[C@H](C(=O)N[C@@H](Cc1c[nH]c2ccccc12)C(=O)O)[C@@H](C)CC. The fraction of sp³-hybridized carbons (Fsp3) is 0.478. The van der Waals surface area contributed by atoms with Gasteiger partial charge in [-0.1, -0.05) is 90.8 Å². The summed E-state index contributed by atoms with van der Waals surface area (Å²) in [5.74, 6) is -8.22. The van der Waals surface area contributed by atoms with Crippen LogP contribution in [0.1, 0.15) is 90.1 Å². The number of hydrogen-bond acceptors (Lipinski definition) is 9. The molecule has 2 aromatic carbocycles. The van der Waals surface area contributed by atoms with E-state index in [1.807, 2.05) is 24.3 Å². The molecule has 5 amide bonds. The molecule has 0 fully saturated rings. The number of nitrogens with two attached hydrogens (primary N) is 1. The number of amides is 5. The molecule has 0 aliphatic carbocycles. The van der Waals surface area contributed by atoms with Crippen molar-refractivity contribution in [2.45, 2.75) is 123 Å². The van der Waals surface area contributed by atoms with E-state index in [0.29, 0.717) is 29.5 Å². The lowest BCUT2D eigenvalue weighted by Crippen LogP contribution is -2.61. The van der Waals surface area contributed by atoms with Crippen molar-refractivity contribution in [2.75, 3.05) is 0 Å². The van der Waals surface area contributed by atoms with Gasteiger partial charge in [0.05, 0.1) is 18.0 Å². The highest BCUT2D eigenvalue weighted by molar-refractivity contribution is 5.98. The Kier molecular flexibility index (Phi) is 17.8. The summed E-state index contributed by atoms with van der Waals surface area (Å²) in [6, 6.07) is 6.50. The van der Waals surface area contributed by atoms with E-state index in [9.17, 15) is 48.6 Å². The van der Waals surface area contributed by atoms with Crippen molar-refractivity contribution in [3.63, 3.8) is 0 Å². The summed E-state index contributed by atoms with van der Waals surface area (Å²) >= 11 is 0. The number of aliphatic carboxylic acids is 2. The number of H-pyrrole nitrogens is 1. The molecule has 0 spiro atoms. The Morgan fingerprint density at radius 1 is 0.656 bits per heavy atom. The van der Waals surface area contributed by atoms with Gasteiger partial charge in [-0.25, -0.2) is 4.79 Å². The summed E-state index contributed by atoms with van der Waals surface area (Å²) in [5, 5.41) is 34.4. The summed E-state index contributed by atoms with van der Waals surface area (Å²) < 4.78 is 1.46. The molecular weight excluding hydrogens is 825 g/mol. The molecule has 0 unspecified atom stereocenters. The van der Waals surface area contributed by atoms with Gasteiger partial charge in [0, 0.05) is 42.0 Å². The van der Waals surface area contributed by atoms with Crippen LogP contribution in [0.15, 0.2) is 60.9 Å². The van der Waals surface area contributed by atoms with Crippen LogP contribution in [0.25, 0.3) is 21.8 Å². The summed E-state index contributed by atoms with van der Waals surface area (Å²) in [5.41, 5.74) is 9.09. The largest absolute Gasteiger partial charge is 0.481 e. The summed E-state index contributed by atoms with van der Waals surface area (Å²) in [6.07, 6.45) is 3.26. The van der Waals surface area contributed by atoms with Crippen LogP contribution in [0.3, 0.4) is 0 Å². The number of aromatic amines is 1. The molecule has 0 aliphatic heterocycles. The summed E-state index contributed by atoms with van der Waals surface area (Å²) in [6.45, 7) is 12.0. The second-order valence-electron chi connectivity index (χ2n) is 16.9. The molecule has 2 heterocycles. The number of aromatic nitrogens is 2. The second kappa shape index (κ2) is 22.7. The minimum Gasteiger partial charge on any atom is -0.481 e. The van der Waals surface area contributed by atoms with Crippen LogP contribution in [0.5, 0.6) is 0 Å². The minimum atomic E-state index is -1.70. The zero-order valence-electron chi connectivity index (χ0n) is 37.4. The number of carboxylic acid groups (broad SMARTS) is 2. The molecule has 0 aliphatic rings. The topological polar surface area (TPSA) is 284 Å². The molecule has 18 nitrogen and oxygen atoms in total. The summed E-state index contributed by atoms with van der Waals surface area (Å²) in [4.78, 5) is 109. The molecule has 64 heavy (non-hydrogen) atoms. The first kappa shape index (κ1) is 50.1. The van der Waals surface area contributed by atoms with E-state index in [2.05, 4.69) is 31.6 Å². The highest BCUT2D eigenvalue weighted by Crippen LogP contribution is 2.23. The van der Waals surface area contributed by atoms with Crippen LogP contribution >= 0.6 is 0 Å². The maximum Gasteiger partial charge on any atom is 0.326 e. The number of nitrogens with one attached hydrogen (secondary N) is 6. The number of rotatable bonds is 23. The zero-order chi connectivity index (χ0) is 47.4. The van der Waals surface area contributed by atoms with E-state index in [0.717, 1.165) is 16.3 Å². The van der Waals surface area contributed by atoms with Gasteiger partial charge in [-0.3, -0.25) is 38.1 Å². The average Bonchev–Trinajstić information content (AvgIpc) is 3.83. The Balaban J connectivity index is 1.49. The van der Waals surface area contributed by atoms with Crippen LogP contribution < -0.4 is 32.3 Å². The predicted molar refractivity (Wildman–Crippen MR) is 240 cm³/mol. The lowest BCUT2D eigenvalue weighted by molar-refractivity contribution is -0.142. The van der Waals surface area contributed by atoms with E-state index in [-0.39, 0.29) is 31.1 Å². The Morgan fingerprint density at radius 2 is 1.19 bits per heavy atom. The van der Waals surface area contributed by atoms with Crippen LogP contribution in [-0.2, 0) is 46.4 Å². The van der Waals surface area contributed by atoms with E-state index in [4.69, 9.17) is 5.73 Å². The molecule has 0 bridgehead atoms. The first-order valence-corrected chi connectivity index (χ1v) is 21.6. The van der Waals surface area contributed by atoms with Gasteiger partial charge in [0.1, 0.15) is 30.2 Å². The van der Waals surface area contributed by atoms with E-state index in [1.165, 1.54) is 11.5 Å². The first-order valence-electron chi connectivity index (χ1n) is 21.6. The highest BCUT2D eigenvalue weighted by Gasteiger charge is 2.37. The average molecular weight is 887 g/mol. The fourth-order valence-electron chi connectivity index (χ4n) is 7.52. The molecule has 10 N–H and O–H groups in total. The number of carbonyl (C=O) groups excluding carboxylic acids is 6. The highest BCUT2D eigenvalue weighted by atomic mass is 16.4. The normalized spacial score (nSPS) is 15.2. The van der Waals surface area contributed by atoms with Gasteiger partial charge in [0.25, 0.3) is 0 Å². The minimum absolute atomic E-state index is 0.0243. The van der Waals surface area contributed by atoms with E-state index in [1.54, 1.807) is 78.2 Å². The van der Waals surface area contributed by atoms with Crippen LogP contribution in [-0.4, -0.2) is 103 Å². The standard InChI is InChI=1S/C46H62N8O10/c1-8-25(5)39(44(61)51-36(46(63)64)20-28-22-48-33-16-12-10-14-30(28)33)53-45(62)40(26(6)9-2)52-43(60)35(21-38(56)57)50-42(59)34(18-24(3)4)49-41(58)32(47)19-29-23-54(27(7)55)37-17-13-11-15-31(29)37/h10-17,22-26,32,34-36,39-40,48H,8-9,18-21,47H2,1-7H3,(H,49,58)(H,50,59)(H,51,61)(H,52,60)(H,53,62)(H,56,57)(H,63,64)/t25-,26-,32+,34-,35-,36-,39-,40-/m0/s1. The summed E-state index contributed by atoms with van der Waals surface area (Å²) in [7, 11) is 0.